The summed E-state index contributed by atoms with van der Waals surface area (Å²) < 4.78 is 0. The summed E-state index contributed by atoms with van der Waals surface area (Å²) in [5.74, 6) is 0.650. The molecular formula is C50H32N4. The molecule has 0 bridgehead atoms. The van der Waals surface area contributed by atoms with Crippen LogP contribution >= 0.6 is 0 Å². The highest BCUT2D eigenvalue weighted by Crippen LogP contribution is 2.44. The molecule has 0 spiro atoms. The average Bonchev–Trinajstić information content (AvgIpc) is 3.26. The molecule has 0 saturated heterocycles. The van der Waals surface area contributed by atoms with Crippen LogP contribution < -0.4 is 0 Å². The standard InChI is InChI=1S/C50H32N4/c1-2-13-34(14-3-1)48-41-20-7-9-22-43(41)49(44-23-10-8-21-42(44)48)36-16-12-17-37(30-36)50-53-46(38-29-35-15-4-11-24-45(35)52-32-38)31-47(54-50)40-19-6-5-18-39(40)33-25-27-51-28-26-33/h1-32H. The first-order valence-electron chi connectivity index (χ1n) is 18.1. The van der Waals surface area contributed by atoms with Gasteiger partial charge in [0.05, 0.1) is 16.9 Å². The summed E-state index contributed by atoms with van der Waals surface area (Å²) in [6, 6.07) is 61.8. The highest BCUT2D eigenvalue weighted by atomic mass is 14.9. The second kappa shape index (κ2) is 13.4. The lowest BCUT2D eigenvalue weighted by Crippen LogP contribution is -1.98. The molecule has 3 aromatic heterocycles. The third-order valence-corrected chi connectivity index (χ3v) is 10.2. The maximum Gasteiger partial charge on any atom is 0.160 e. The number of rotatable bonds is 6. The quantitative estimate of drug-likeness (QED) is 0.163. The Bertz CT molecular complexity index is 2940. The molecule has 252 valence electrons. The van der Waals surface area contributed by atoms with E-state index in [-0.39, 0.29) is 0 Å². The van der Waals surface area contributed by atoms with Crippen molar-refractivity contribution >= 4 is 32.4 Å². The molecule has 7 aromatic carbocycles. The van der Waals surface area contributed by atoms with E-state index >= 15 is 0 Å². The molecule has 0 unspecified atom stereocenters. The lowest BCUT2D eigenvalue weighted by molar-refractivity contribution is 1.18. The number of pyridine rings is 2. The van der Waals surface area contributed by atoms with Crippen LogP contribution in [0.3, 0.4) is 0 Å². The van der Waals surface area contributed by atoms with Gasteiger partial charge in [0.15, 0.2) is 5.82 Å². The van der Waals surface area contributed by atoms with E-state index in [9.17, 15) is 0 Å². The molecular weight excluding hydrogens is 657 g/mol. The van der Waals surface area contributed by atoms with E-state index in [1.165, 1.54) is 38.2 Å². The first-order valence-corrected chi connectivity index (χ1v) is 18.1. The zero-order chi connectivity index (χ0) is 35.8. The Morgan fingerprint density at radius 1 is 0.352 bits per heavy atom. The molecule has 0 aliphatic rings. The monoisotopic (exact) mass is 688 g/mol. The Morgan fingerprint density at radius 2 is 0.926 bits per heavy atom. The van der Waals surface area contributed by atoms with Crippen molar-refractivity contribution < 1.29 is 0 Å². The van der Waals surface area contributed by atoms with Crippen molar-refractivity contribution in [1.29, 1.82) is 0 Å². The first kappa shape index (κ1) is 31.4. The summed E-state index contributed by atoms with van der Waals surface area (Å²) in [4.78, 5) is 19.6. The zero-order valence-electron chi connectivity index (χ0n) is 29.3. The highest BCUT2D eigenvalue weighted by molar-refractivity contribution is 6.21. The minimum Gasteiger partial charge on any atom is -0.265 e. The predicted octanol–water partition coefficient (Wildman–Crippen LogP) is 12.7. The van der Waals surface area contributed by atoms with Gasteiger partial charge < -0.3 is 0 Å². The number of benzene rings is 7. The van der Waals surface area contributed by atoms with Gasteiger partial charge in [-0.25, -0.2) is 9.97 Å². The average molecular weight is 689 g/mol. The van der Waals surface area contributed by atoms with Gasteiger partial charge in [0.1, 0.15) is 0 Å². The summed E-state index contributed by atoms with van der Waals surface area (Å²) in [5.41, 5.74) is 12.4. The van der Waals surface area contributed by atoms with Crippen LogP contribution in [0.25, 0.3) is 99.7 Å². The lowest BCUT2D eigenvalue weighted by atomic mass is 9.85. The molecule has 0 atom stereocenters. The number of hydrogen-bond acceptors (Lipinski definition) is 4. The molecule has 0 fully saturated rings. The third-order valence-electron chi connectivity index (χ3n) is 10.2. The van der Waals surface area contributed by atoms with Crippen LogP contribution in [-0.2, 0) is 0 Å². The number of para-hydroxylation sites is 1. The van der Waals surface area contributed by atoms with Crippen LogP contribution in [0.1, 0.15) is 0 Å². The van der Waals surface area contributed by atoms with Crippen LogP contribution in [0, 0.1) is 0 Å². The van der Waals surface area contributed by atoms with Gasteiger partial charge in [0.25, 0.3) is 0 Å². The Hall–Kier alpha value is -7.30. The Kier molecular flexibility index (Phi) is 7.77. The van der Waals surface area contributed by atoms with Crippen molar-refractivity contribution in [1.82, 2.24) is 19.9 Å². The molecule has 0 radical (unpaired) electrons. The number of hydrogen-bond donors (Lipinski definition) is 0. The van der Waals surface area contributed by atoms with E-state index < -0.39 is 0 Å². The van der Waals surface area contributed by atoms with Gasteiger partial charge in [-0.1, -0.05) is 140 Å². The molecule has 0 aliphatic carbocycles. The van der Waals surface area contributed by atoms with Crippen LogP contribution in [0.2, 0.25) is 0 Å². The predicted molar refractivity (Wildman–Crippen MR) is 223 cm³/mol. The Labute approximate surface area is 313 Å². The Balaban J connectivity index is 1.20. The maximum absolute atomic E-state index is 5.31. The molecule has 0 saturated carbocycles. The molecule has 3 heterocycles. The van der Waals surface area contributed by atoms with Crippen molar-refractivity contribution in [3.8, 4) is 67.3 Å². The normalized spacial score (nSPS) is 11.3. The van der Waals surface area contributed by atoms with E-state index in [0.717, 1.165) is 55.7 Å². The molecule has 4 nitrogen and oxygen atoms in total. The van der Waals surface area contributed by atoms with Crippen molar-refractivity contribution in [2.45, 2.75) is 0 Å². The molecule has 4 heteroatoms. The molecule has 10 rings (SSSR count). The molecule has 54 heavy (non-hydrogen) atoms. The largest absolute Gasteiger partial charge is 0.265 e. The van der Waals surface area contributed by atoms with Gasteiger partial charge in [-0.2, -0.15) is 0 Å². The maximum atomic E-state index is 5.31. The third kappa shape index (κ3) is 5.58. The molecule has 0 N–H and O–H groups in total. The van der Waals surface area contributed by atoms with Crippen molar-refractivity contribution in [2.24, 2.45) is 0 Å². The first-order chi connectivity index (χ1) is 26.8. The van der Waals surface area contributed by atoms with Gasteiger partial charge in [0, 0.05) is 40.7 Å². The van der Waals surface area contributed by atoms with Crippen LogP contribution in [-0.4, -0.2) is 19.9 Å². The summed E-state index contributed by atoms with van der Waals surface area (Å²) in [7, 11) is 0. The fourth-order valence-electron chi connectivity index (χ4n) is 7.73. The zero-order valence-corrected chi connectivity index (χ0v) is 29.3. The fraction of sp³-hybridized carbons (Fsp3) is 0. The van der Waals surface area contributed by atoms with Crippen molar-refractivity contribution in [2.75, 3.05) is 0 Å². The summed E-state index contributed by atoms with van der Waals surface area (Å²) >= 11 is 0. The van der Waals surface area contributed by atoms with Crippen molar-refractivity contribution in [3.05, 3.63) is 195 Å². The summed E-state index contributed by atoms with van der Waals surface area (Å²) in [6.07, 6.45) is 5.57. The van der Waals surface area contributed by atoms with Gasteiger partial charge in [-0.3, -0.25) is 9.97 Å². The fourth-order valence-corrected chi connectivity index (χ4v) is 7.73. The van der Waals surface area contributed by atoms with E-state index in [2.05, 4.69) is 151 Å². The van der Waals surface area contributed by atoms with Gasteiger partial charge >= 0.3 is 0 Å². The molecule has 0 amide bonds. The topological polar surface area (TPSA) is 51.6 Å². The summed E-state index contributed by atoms with van der Waals surface area (Å²) in [5, 5.41) is 5.92. The minimum atomic E-state index is 0.650. The van der Waals surface area contributed by atoms with Crippen LogP contribution in [0.4, 0.5) is 0 Å². The molecule has 0 aliphatic heterocycles. The number of aromatic nitrogens is 4. The second-order valence-electron chi connectivity index (χ2n) is 13.4. The second-order valence-corrected chi connectivity index (χ2v) is 13.4. The molecule has 10 aromatic rings. The van der Waals surface area contributed by atoms with E-state index in [0.29, 0.717) is 5.82 Å². The van der Waals surface area contributed by atoms with Gasteiger partial charge in [-0.05, 0) is 91.3 Å². The Morgan fingerprint density at radius 3 is 1.67 bits per heavy atom. The van der Waals surface area contributed by atoms with Gasteiger partial charge in [-0.15, -0.1) is 0 Å². The smallest absolute Gasteiger partial charge is 0.160 e. The van der Waals surface area contributed by atoms with Crippen LogP contribution in [0.15, 0.2) is 195 Å². The van der Waals surface area contributed by atoms with Crippen molar-refractivity contribution in [3.63, 3.8) is 0 Å². The lowest BCUT2D eigenvalue weighted by Gasteiger charge is -2.18. The summed E-state index contributed by atoms with van der Waals surface area (Å²) in [6.45, 7) is 0. The van der Waals surface area contributed by atoms with E-state index in [1.807, 2.05) is 48.9 Å². The van der Waals surface area contributed by atoms with E-state index in [4.69, 9.17) is 15.0 Å². The number of nitrogens with zero attached hydrogens (tertiary/aromatic N) is 4. The highest BCUT2D eigenvalue weighted by Gasteiger charge is 2.19. The minimum absolute atomic E-state index is 0.650. The number of fused-ring (bicyclic) bond motifs is 3. The SMILES string of the molecule is c1ccc(-c2c3ccccc3c(-c3cccc(-c4nc(-c5cnc6ccccc6c5)cc(-c5ccccc5-c5ccncc5)n4)c3)c3ccccc23)cc1. The van der Waals surface area contributed by atoms with Crippen LogP contribution in [0.5, 0.6) is 0 Å². The van der Waals surface area contributed by atoms with E-state index in [1.54, 1.807) is 0 Å². The van der Waals surface area contributed by atoms with Gasteiger partial charge in [0.2, 0.25) is 0 Å².